The molecule has 1 unspecified atom stereocenters. The van der Waals surface area contributed by atoms with Crippen molar-refractivity contribution in [3.8, 4) is 0 Å². The van der Waals surface area contributed by atoms with Crippen molar-refractivity contribution in [1.82, 2.24) is 0 Å². The summed E-state index contributed by atoms with van der Waals surface area (Å²) in [6, 6.07) is 3.72. The topological polar surface area (TPSA) is 34.1 Å². The lowest BCUT2D eigenvalue weighted by Crippen LogP contribution is -2.23. The molecule has 0 aliphatic heterocycles. The Kier molecular flexibility index (Phi) is 3.57. The maximum Gasteiger partial charge on any atom is 0.167 e. The fourth-order valence-corrected chi connectivity index (χ4v) is 2.42. The predicted molar refractivity (Wildman–Crippen MR) is 62.7 cm³/mol. The van der Waals surface area contributed by atoms with Gasteiger partial charge in [0.15, 0.2) is 5.78 Å². The summed E-state index contributed by atoms with van der Waals surface area (Å²) < 4.78 is 12.9. The Balaban J connectivity index is 2.21. The first kappa shape index (κ1) is 12.2. The normalized spacial score (nSPS) is 20.4. The van der Waals surface area contributed by atoms with Crippen molar-refractivity contribution in [2.75, 3.05) is 0 Å². The zero-order chi connectivity index (χ0) is 12.4. The summed E-state index contributed by atoms with van der Waals surface area (Å²) >= 11 is 5.83. The van der Waals surface area contributed by atoms with Crippen LogP contribution in [0.25, 0.3) is 0 Å². The van der Waals surface area contributed by atoms with Crippen LogP contribution in [-0.2, 0) is 4.79 Å². The van der Waals surface area contributed by atoms with Gasteiger partial charge in [-0.15, -0.1) is 0 Å². The van der Waals surface area contributed by atoms with Gasteiger partial charge >= 0.3 is 0 Å². The van der Waals surface area contributed by atoms with E-state index in [4.69, 9.17) is 11.6 Å². The van der Waals surface area contributed by atoms with Crippen molar-refractivity contribution >= 4 is 23.2 Å². The SMILES string of the molecule is O=C1CCCC(C(=O)c2ccc(F)cc2Cl)C1. The van der Waals surface area contributed by atoms with Gasteiger partial charge in [-0.25, -0.2) is 4.39 Å². The lowest BCUT2D eigenvalue weighted by atomic mass is 9.83. The molecule has 0 N–H and O–H groups in total. The zero-order valence-corrected chi connectivity index (χ0v) is 9.97. The minimum atomic E-state index is -0.466. The second-order valence-electron chi connectivity index (χ2n) is 4.32. The molecule has 1 saturated carbocycles. The zero-order valence-electron chi connectivity index (χ0n) is 9.21. The fourth-order valence-electron chi connectivity index (χ4n) is 2.16. The first-order valence-corrected chi connectivity index (χ1v) is 5.96. The molecule has 0 amide bonds. The molecule has 2 rings (SSSR count). The largest absolute Gasteiger partial charge is 0.300 e. The fraction of sp³-hybridized carbons (Fsp3) is 0.385. The van der Waals surface area contributed by atoms with Crippen LogP contribution in [0.2, 0.25) is 5.02 Å². The number of ketones is 2. The molecule has 2 nitrogen and oxygen atoms in total. The van der Waals surface area contributed by atoms with Gasteiger partial charge in [0.2, 0.25) is 0 Å². The van der Waals surface area contributed by atoms with E-state index >= 15 is 0 Å². The molecular weight excluding hydrogens is 243 g/mol. The molecule has 1 aromatic rings. The monoisotopic (exact) mass is 254 g/mol. The highest BCUT2D eigenvalue weighted by Crippen LogP contribution is 2.28. The van der Waals surface area contributed by atoms with Gasteiger partial charge in [-0.3, -0.25) is 9.59 Å². The van der Waals surface area contributed by atoms with Crippen molar-refractivity contribution in [3.63, 3.8) is 0 Å². The van der Waals surface area contributed by atoms with Crippen molar-refractivity contribution in [3.05, 3.63) is 34.6 Å². The van der Waals surface area contributed by atoms with Gasteiger partial charge in [-0.2, -0.15) is 0 Å². The standard InChI is InChI=1S/C13H12ClFO2/c14-12-7-9(15)4-5-11(12)13(17)8-2-1-3-10(16)6-8/h4-5,7-8H,1-3,6H2. The molecular formula is C13H12ClFO2. The number of Topliss-reactive ketones (excluding diaryl/α,β-unsaturated/α-hetero) is 2. The molecule has 0 saturated heterocycles. The van der Waals surface area contributed by atoms with Crippen molar-refractivity contribution in [1.29, 1.82) is 0 Å². The Morgan fingerprint density at radius 3 is 2.82 bits per heavy atom. The van der Waals surface area contributed by atoms with E-state index in [1.165, 1.54) is 12.1 Å². The van der Waals surface area contributed by atoms with Gasteiger partial charge in [0.1, 0.15) is 11.6 Å². The van der Waals surface area contributed by atoms with Crippen LogP contribution in [0.4, 0.5) is 4.39 Å². The Hall–Kier alpha value is -1.22. The lowest BCUT2D eigenvalue weighted by molar-refractivity contribution is -0.121. The minimum absolute atomic E-state index is 0.118. The lowest BCUT2D eigenvalue weighted by Gasteiger charge is -2.19. The van der Waals surface area contributed by atoms with Crippen LogP contribution in [0.1, 0.15) is 36.0 Å². The molecule has 1 aliphatic rings. The average molecular weight is 255 g/mol. The molecule has 4 heteroatoms. The Morgan fingerprint density at radius 2 is 2.18 bits per heavy atom. The van der Waals surface area contributed by atoms with Crippen LogP contribution in [0.3, 0.4) is 0 Å². The third kappa shape index (κ3) is 2.72. The van der Waals surface area contributed by atoms with Crippen LogP contribution in [-0.4, -0.2) is 11.6 Å². The summed E-state index contributed by atoms with van der Waals surface area (Å²) in [4.78, 5) is 23.4. The van der Waals surface area contributed by atoms with Crippen LogP contribution in [0.15, 0.2) is 18.2 Å². The van der Waals surface area contributed by atoms with Crippen LogP contribution >= 0.6 is 11.6 Å². The molecule has 0 spiro atoms. The molecule has 17 heavy (non-hydrogen) atoms. The first-order valence-electron chi connectivity index (χ1n) is 5.59. The van der Waals surface area contributed by atoms with E-state index in [1.807, 2.05) is 0 Å². The minimum Gasteiger partial charge on any atom is -0.300 e. The summed E-state index contributed by atoms with van der Waals surface area (Å²) in [6.07, 6.45) is 2.29. The van der Waals surface area contributed by atoms with Gasteiger partial charge in [-0.1, -0.05) is 11.6 Å². The van der Waals surface area contributed by atoms with Gasteiger partial charge < -0.3 is 0 Å². The number of hydrogen-bond donors (Lipinski definition) is 0. The van der Waals surface area contributed by atoms with Crippen molar-refractivity contribution < 1.29 is 14.0 Å². The number of benzene rings is 1. The van der Waals surface area contributed by atoms with Crippen LogP contribution in [0, 0.1) is 11.7 Å². The number of rotatable bonds is 2. The number of carbonyl (C=O) groups excluding carboxylic acids is 2. The van der Waals surface area contributed by atoms with E-state index in [0.717, 1.165) is 12.5 Å². The maximum atomic E-state index is 12.9. The summed E-state index contributed by atoms with van der Waals surface area (Å²) in [6.45, 7) is 0. The summed E-state index contributed by atoms with van der Waals surface area (Å²) in [5, 5.41) is 0.119. The van der Waals surface area contributed by atoms with Gasteiger partial charge in [-0.05, 0) is 31.0 Å². The average Bonchev–Trinajstić information content (AvgIpc) is 2.28. The number of carbonyl (C=O) groups is 2. The Morgan fingerprint density at radius 1 is 1.41 bits per heavy atom. The third-order valence-corrected chi connectivity index (χ3v) is 3.36. The summed E-state index contributed by atoms with van der Waals surface area (Å²) in [5.74, 6) is -0.790. The van der Waals surface area contributed by atoms with E-state index in [2.05, 4.69) is 0 Å². The molecule has 0 radical (unpaired) electrons. The van der Waals surface area contributed by atoms with Crippen LogP contribution in [0.5, 0.6) is 0 Å². The smallest absolute Gasteiger partial charge is 0.167 e. The highest BCUT2D eigenvalue weighted by molar-refractivity contribution is 6.34. The van der Waals surface area contributed by atoms with Crippen molar-refractivity contribution in [2.24, 2.45) is 5.92 Å². The van der Waals surface area contributed by atoms with Crippen molar-refractivity contribution in [2.45, 2.75) is 25.7 Å². The van der Waals surface area contributed by atoms with E-state index in [-0.39, 0.29) is 28.9 Å². The van der Waals surface area contributed by atoms with E-state index in [1.54, 1.807) is 0 Å². The van der Waals surface area contributed by atoms with E-state index < -0.39 is 5.82 Å². The first-order chi connectivity index (χ1) is 8.08. The van der Waals surface area contributed by atoms with Gasteiger partial charge in [0.25, 0.3) is 0 Å². The molecule has 1 fully saturated rings. The molecule has 0 bridgehead atoms. The third-order valence-electron chi connectivity index (χ3n) is 3.05. The highest BCUT2D eigenvalue weighted by atomic mass is 35.5. The molecule has 1 aliphatic carbocycles. The molecule has 1 atom stereocenters. The Labute approximate surface area is 104 Å². The molecule has 0 aromatic heterocycles. The molecule has 90 valence electrons. The quantitative estimate of drug-likeness (QED) is 0.758. The van der Waals surface area contributed by atoms with Crippen LogP contribution < -0.4 is 0 Å². The highest BCUT2D eigenvalue weighted by Gasteiger charge is 2.27. The van der Waals surface area contributed by atoms with E-state index in [9.17, 15) is 14.0 Å². The predicted octanol–water partition coefficient (Wildman–Crippen LogP) is 3.42. The van der Waals surface area contributed by atoms with Gasteiger partial charge in [0.05, 0.1) is 5.02 Å². The molecule has 0 heterocycles. The Bertz CT molecular complexity index is 470. The molecule has 1 aromatic carbocycles. The summed E-state index contributed by atoms with van der Waals surface area (Å²) in [5.41, 5.74) is 0.313. The van der Waals surface area contributed by atoms with E-state index in [0.29, 0.717) is 18.4 Å². The number of halogens is 2. The maximum absolute atomic E-state index is 12.9. The second kappa shape index (κ2) is 4.96. The summed E-state index contributed by atoms with van der Waals surface area (Å²) in [7, 11) is 0. The van der Waals surface area contributed by atoms with Gasteiger partial charge in [0, 0.05) is 24.3 Å². The number of hydrogen-bond acceptors (Lipinski definition) is 2. The second-order valence-corrected chi connectivity index (χ2v) is 4.73.